The zero-order valence-corrected chi connectivity index (χ0v) is 8.78. The lowest BCUT2D eigenvalue weighted by Crippen LogP contribution is -2.19. The molecular weight excluding hydrogens is 144 g/mol. The summed E-state index contributed by atoms with van der Waals surface area (Å²) in [7, 11) is 0. The second kappa shape index (κ2) is 2.37. The Balaban J connectivity index is 2.36. The van der Waals surface area contributed by atoms with E-state index in [2.05, 4.69) is 27.7 Å². The van der Waals surface area contributed by atoms with Crippen LogP contribution in [-0.2, 0) is 0 Å². The van der Waals surface area contributed by atoms with Crippen LogP contribution in [0.15, 0.2) is 11.1 Å². The van der Waals surface area contributed by atoms with Gasteiger partial charge in [-0.05, 0) is 50.4 Å². The van der Waals surface area contributed by atoms with Crippen molar-refractivity contribution in [3.8, 4) is 0 Å². The van der Waals surface area contributed by atoms with Gasteiger partial charge in [0.1, 0.15) is 0 Å². The maximum atomic E-state index is 2.44. The Morgan fingerprint density at radius 1 is 1.25 bits per heavy atom. The number of rotatable bonds is 0. The van der Waals surface area contributed by atoms with Gasteiger partial charge in [-0.15, -0.1) is 0 Å². The Kier molecular flexibility index (Phi) is 1.65. The van der Waals surface area contributed by atoms with Crippen LogP contribution in [0.25, 0.3) is 0 Å². The first-order chi connectivity index (χ1) is 5.50. The van der Waals surface area contributed by atoms with Crippen LogP contribution >= 0.6 is 0 Å². The van der Waals surface area contributed by atoms with Crippen LogP contribution in [0.4, 0.5) is 0 Å². The number of hydrogen-bond donors (Lipinski definition) is 0. The van der Waals surface area contributed by atoms with Crippen molar-refractivity contribution in [1.82, 2.24) is 0 Å². The Morgan fingerprint density at radius 2 is 1.92 bits per heavy atom. The summed E-state index contributed by atoms with van der Waals surface area (Å²) in [5.74, 6) is 1.91. The van der Waals surface area contributed by atoms with Crippen LogP contribution in [0.5, 0.6) is 0 Å². The fraction of sp³-hybridized carbons (Fsp3) is 0.833. The number of allylic oxidation sites excluding steroid dienone is 2. The van der Waals surface area contributed by atoms with Crippen molar-refractivity contribution in [2.75, 3.05) is 0 Å². The first-order valence-corrected chi connectivity index (χ1v) is 5.17. The van der Waals surface area contributed by atoms with Gasteiger partial charge in [0.2, 0.25) is 0 Å². The fourth-order valence-electron chi connectivity index (χ4n) is 3.43. The van der Waals surface area contributed by atoms with E-state index in [1.165, 1.54) is 19.3 Å². The van der Waals surface area contributed by atoms with Crippen molar-refractivity contribution in [2.45, 2.75) is 47.0 Å². The standard InChI is InChI=1S/C12H20/c1-8-5-10-6-11(9(8)2)12(3,4)7-10/h10-11H,5-7H2,1-4H3. The summed E-state index contributed by atoms with van der Waals surface area (Å²) in [6.45, 7) is 9.57. The third kappa shape index (κ3) is 1.04. The van der Waals surface area contributed by atoms with Crippen LogP contribution in [0, 0.1) is 17.3 Å². The molecular formula is C12H20. The van der Waals surface area contributed by atoms with E-state index in [0.29, 0.717) is 5.41 Å². The maximum absolute atomic E-state index is 2.44. The van der Waals surface area contributed by atoms with Gasteiger partial charge in [0.25, 0.3) is 0 Å². The van der Waals surface area contributed by atoms with Gasteiger partial charge in [0.05, 0.1) is 0 Å². The van der Waals surface area contributed by atoms with Crippen molar-refractivity contribution in [2.24, 2.45) is 17.3 Å². The summed E-state index contributed by atoms with van der Waals surface area (Å²) < 4.78 is 0. The second-order valence-electron chi connectivity index (χ2n) is 5.51. The molecule has 0 heterocycles. The van der Waals surface area contributed by atoms with Crippen molar-refractivity contribution in [3.05, 3.63) is 11.1 Å². The lowest BCUT2D eigenvalue weighted by atomic mass is 9.76. The average Bonchev–Trinajstić information content (AvgIpc) is 2.19. The van der Waals surface area contributed by atoms with E-state index in [9.17, 15) is 0 Å². The van der Waals surface area contributed by atoms with E-state index in [4.69, 9.17) is 0 Å². The summed E-state index contributed by atoms with van der Waals surface area (Å²) >= 11 is 0. The van der Waals surface area contributed by atoms with Crippen LogP contribution in [-0.4, -0.2) is 0 Å². The second-order valence-corrected chi connectivity index (χ2v) is 5.51. The van der Waals surface area contributed by atoms with Crippen LogP contribution < -0.4 is 0 Å². The first-order valence-electron chi connectivity index (χ1n) is 5.17. The number of fused-ring (bicyclic) bond motifs is 2. The predicted molar refractivity (Wildman–Crippen MR) is 53.0 cm³/mol. The van der Waals surface area contributed by atoms with Crippen molar-refractivity contribution in [3.63, 3.8) is 0 Å². The molecule has 0 saturated heterocycles. The van der Waals surface area contributed by atoms with E-state index in [0.717, 1.165) is 11.8 Å². The lowest BCUT2D eigenvalue weighted by Gasteiger charge is -2.29. The quantitative estimate of drug-likeness (QED) is 0.478. The predicted octanol–water partition coefficient (Wildman–Crippen LogP) is 3.78. The highest BCUT2D eigenvalue weighted by Gasteiger charge is 2.43. The monoisotopic (exact) mass is 164 g/mol. The molecule has 2 atom stereocenters. The summed E-state index contributed by atoms with van der Waals surface area (Å²) in [5.41, 5.74) is 3.97. The average molecular weight is 164 g/mol. The summed E-state index contributed by atoms with van der Waals surface area (Å²) in [6.07, 6.45) is 4.30. The molecule has 2 rings (SSSR count). The molecule has 2 unspecified atom stereocenters. The Labute approximate surface area is 76.1 Å². The van der Waals surface area contributed by atoms with Crippen LogP contribution in [0.2, 0.25) is 0 Å². The molecule has 68 valence electrons. The molecule has 2 aliphatic carbocycles. The maximum Gasteiger partial charge on any atom is -0.0149 e. The van der Waals surface area contributed by atoms with Crippen molar-refractivity contribution < 1.29 is 0 Å². The lowest BCUT2D eigenvalue weighted by molar-refractivity contribution is 0.296. The molecule has 0 heteroatoms. The van der Waals surface area contributed by atoms with E-state index in [-0.39, 0.29) is 0 Å². The molecule has 0 aromatic heterocycles. The minimum absolute atomic E-state index is 0.590. The van der Waals surface area contributed by atoms with Gasteiger partial charge < -0.3 is 0 Å². The molecule has 2 bridgehead atoms. The molecule has 0 aromatic carbocycles. The number of hydrogen-bond acceptors (Lipinski definition) is 0. The topological polar surface area (TPSA) is 0 Å². The van der Waals surface area contributed by atoms with Gasteiger partial charge in [-0.25, -0.2) is 0 Å². The molecule has 0 spiro atoms. The van der Waals surface area contributed by atoms with Gasteiger partial charge >= 0.3 is 0 Å². The fourth-order valence-corrected chi connectivity index (χ4v) is 3.43. The van der Waals surface area contributed by atoms with Gasteiger partial charge in [-0.2, -0.15) is 0 Å². The first kappa shape index (κ1) is 8.34. The zero-order chi connectivity index (χ0) is 8.93. The SMILES string of the molecule is CC1=C(C)C2CC(C1)CC2(C)C. The molecule has 0 nitrogen and oxygen atoms in total. The van der Waals surface area contributed by atoms with Gasteiger partial charge in [-0.3, -0.25) is 0 Å². The molecule has 12 heavy (non-hydrogen) atoms. The summed E-state index contributed by atoms with van der Waals surface area (Å²) in [4.78, 5) is 0. The summed E-state index contributed by atoms with van der Waals surface area (Å²) in [6, 6.07) is 0. The van der Waals surface area contributed by atoms with Crippen LogP contribution in [0.1, 0.15) is 47.0 Å². The minimum atomic E-state index is 0.590. The molecule has 0 aromatic rings. The smallest absolute Gasteiger partial charge is 0.0149 e. The molecule has 1 saturated carbocycles. The Morgan fingerprint density at radius 3 is 2.58 bits per heavy atom. The van der Waals surface area contributed by atoms with Crippen LogP contribution in [0.3, 0.4) is 0 Å². The Hall–Kier alpha value is -0.260. The van der Waals surface area contributed by atoms with E-state index in [1.807, 2.05) is 0 Å². The molecule has 1 fully saturated rings. The normalized spacial score (nSPS) is 39.0. The molecule has 0 amide bonds. The molecule has 0 N–H and O–H groups in total. The zero-order valence-electron chi connectivity index (χ0n) is 8.78. The highest BCUT2D eigenvalue weighted by molar-refractivity contribution is 5.23. The molecule has 0 aliphatic heterocycles. The van der Waals surface area contributed by atoms with E-state index < -0.39 is 0 Å². The third-order valence-corrected chi connectivity index (χ3v) is 4.12. The van der Waals surface area contributed by atoms with Gasteiger partial charge in [0, 0.05) is 0 Å². The highest BCUT2D eigenvalue weighted by atomic mass is 14.5. The summed E-state index contributed by atoms with van der Waals surface area (Å²) in [5, 5.41) is 0. The Bertz CT molecular complexity index is 232. The van der Waals surface area contributed by atoms with E-state index >= 15 is 0 Å². The van der Waals surface area contributed by atoms with Gasteiger partial charge in [-0.1, -0.05) is 25.0 Å². The molecule has 0 radical (unpaired) electrons. The van der Waals surface area contributed by atoms with Crippen molar-refractivity contribution >= 4 is 0 Å². The minimum Gasteiger partial charge on any atom is -0.0738 e. The van der Waals surface area contributed by atoms with Gasteiger partial charge in [0.15, 0.2) is 0 Å². The largest absolute Gasteiger partial charge is 0.0738 e. The third-order valence-electron chi connectivity index (χ3n) is 4.12. The van der Waals surface area contributed by atoms with Crippen molar-refractivity contribution in [1.29, 1.82) is 0 Å². The highest BCUT2D eigenvalue weighted by Crippen LogP contribution is 2.54. The van der Waals surface area contributed by atoms with E-state index in [1.54, 1.807) is 11.1 Å². The molecule has 2 aliphatic rings.